The molecule has 1 aliphatic heterocycles. The molecule has 1 aromatic carbocycles. The van der Waals surface area contributed by atoms with E-state index < -0.39 is 0 Å². The Bertz CT molecular complexity index is 841. The molecule has 2 atom stereocenters. The Kier molecular flexibility index (Phi) is 6.72. The number of Topliss-reactive ketones (excluding diaryl/α,β-unsaturated/α-hetero) is 1. The summed E-state index contributed by atoms with van der Waals surface area (Å²) in [6.45, 7) is 7.71. The van der Waals surface area contributed by atoms with Crippen LogP contribution in [0.5, 0.6) is 5.75 Å². The van der Waals surface area contributed by atoms with E-state index in [0.29, 0.717) is 31.0 Å². The minimum Gasteiger partial charge on any atom is -0.489 e. The maximum Gasteiger partial charge on any atom is 0.188 e. The number of benzene rings is 1. The van der Waals surface area contributed by atoms with Crippen molar-refractivity contribution in [3.63, 3.8) is 0 Å². The van der Waals surface area contributed by atoms with Gasteiger partial charge < -0.3 is 19.3 Å². The van der Waals surface area contributed by atoms with E-state index in [1.165, 1.54) is 0 Å². The summed E-state index contributed by atoms with van der Waals surface area (Å²) in [4.78, 5) is 19.4. The zero-order valence-electron chi connectivity index (χ0n) is 17.7. The van der Waals surface area contributed by atoms with Gasteiger partial charge in [-0.1, -0.05) is 19.1 Å². The first-order valence-electron chi connectivity index (χ1n) is 10.3. The van der Waals surface area contributed by atoms with Gasteiger partial charge in [-0.15, -0.1) is 0 Å². The van der Waals surface area contributed by atoms with Crippen LogP contribution in [0.3, 0.4) is 0 Å². The number of anilines is 2. The molecule has 0 amide bonds. The molecule has 0 N–H and O–H groups in total. The number of rotatable bonds is 8. The lowest BCUT2D eigenvalue weighted by Crippen LogP contribution is -2.27. The van der Waals surface area contributed by atoms with E-state index in [9.17, 15) is 9.18 Å². The molecule has 6 heteroatoms. The number of ketones is 1. The molecule has 1 aliphatic rings. The first-order chi connectivity index (χ1) is 13.9. The molecule has 1 aromatic heterocycles. The number of nitrogens with zero attached hydrogens (tertiary/aromatic N) is 3. The van der Waals surface area contributed by atoms with Crippen LogP contribution in [0.25, 0.3) is 0 Å². The highest BCUT2D eigenvalue weighted by Gasteiger charge is 2.28. The quantitative estimate of drug-likeness (QED) is 0.658. The van der Waals surface area contributed by atoms with Crippen molar-refractivity contribution >= 4 is 17.3 Å². The Labute approximate surface area is 172 Å². The fourth-order valence-corrected chi connectivity index (χ4v) is 3.74. The number of ether oxygens (including phenoxy) is 1. The number of carbonyl (C=O) groups is 1. The largest absolute Gasteiger partial charge is 0.489 e. The van der Waals surface area contributed by atoms with Crippen molar-refractivity contribution in [2.24, 2.45) is 0 Å². The second-order valence-electron chi connectivity index (χ2n) is 7.83. The van der Waals surface area contributed by atoms with Crippen LogP contribution in [0.15, 0.2) is 36.5 Å². The van der Waals surface area contributed by atoms with Crippen molar-refractivity contribution in [1.29, 1.82) is 0 Å². The standard InChI is InChI=1S/C23H30FN3O2/c1-5-26(4)21-10-12-25-23(22(21)24)27-13-11-20(15-27)29-19-8-6-18(7-9-19)16(2)14-17(3)28/h6-10,12,16,20H,5,11,13-15H2,1-4H3/t16-,20-/m1/s1. The minimum atomic E-state index is -0.277. The highest BCUT2D eigenvalue weighted by Crippen LogP contribution is 2.29. The van der Waals surface area contributed by atoms with Crippen LogP contribution in [0, 0.1) is 5.82 Å². The molecule has 2 aromatic rings. The molecule has 0 unspecified atom stereocenters. The van der Waals surface area contributed by atoms with Gasteiger partial charge in [0, 0.05) is 39.2 Å². The van der Waals surface area contributed by atoms with Crippen LogP contribution in [0.1, 0.15) is 45.1 Å². The molecule has 1 saturated heterocycles. The maximum absolute atomic E-state index is 14.9. The van der Waals surface area contributed by atoms with Gasteiger partial charge in [-0.05, 0) is 43.5 Å². The zero-order chi connectivity index (χ0) is 21.0. The number of hydrogen-bond donors (Lipinski definition) is 0. The van der Waals surface area contributed by atoms with Gasteiger partial charge in [0.25, 0.3) is 0 Å². The number of carbonyl (C=O) groups excluding carboxylic acids is 1. The molecule has 1 fully saturated rings. The molecule has 2 heterocycles. The first kappa shape index (κ1) is 21.1. The van der Waals surface area contributed by atoms with Crippen molar-refractivity contribution in [1.82, 2.24) is 4.98 Å². The van der Waals surface area contributed by atoms with E-state index in [1.807, 2.05) is 48.0 Å². The Hall–Kier alpha value is -2.63. The topological polar surface area (TPSA) is 45.7 Å². The van der Waals surface area contributed by atoms with Gasteiger partial charge in [-0.3, -0.25) is 0 Å². The average Bonchev–Trinajstić information content (AvgIpc) is 3.15. The summed E-state index contributed by atoms with van der Waals surface area (Å²) >= 11 is 0. The molecular weight excluding hydrogens is 369 g/mol. The molecule has 3 rings (SSSR count). The Morgan fingerprint density at radius 2 is 2.07 bits per heavy atom. The smallest absolute Gasteiger partial charge is 0.188 e. The van der Waals surface area contributed by atoms with E-state index in [2.05, 4.69) is 11.9 Å². The molecular formula is C23H30FN3O2. The zero-order valence-corrected chi connectivity index (χ0v) is 17.7. The van der Waals surface area contributed by atoms with Crippen molar-refractivity contribution in [2.45, 2.75) is 45.6 Å². The molecule has 0 bridgehead atoms. The number of halogens is 1. The fraction of sp³-hybridized carbons (Fsp3) is 0.478. The number of hydrogen-bond acceptors (Lipinski definition) is 5. The number of pyridine rings is 1. The van der Waals surface area contributed by atoms with Crippen molar-refractivity contribution in [3.05, 3.63) is 47.9 Å². The molecule has 0 spiro atoms. The molecule has 0 radical (unpaired) electrons. The summed E-state index contributed by atoms with van der Waals surface area (Å²) in [7, 11) is 1.87. The molecule has 5 nitrogen and oxygen atoms in total. The van der Waals surface area contributed by atoms with E-state index in [4.69, 9.17) is 4.74 Å². The SMILES string of the molecule is CCN(C)c1ccnc(N2CC[C@@H](Oc3ccc([C@H](C)CC(C)=O)cc3)C2)c1F. The van der Waals surface area contributed by atoms with Crippen LogP contribution >= 0.6 is 0 Å². The van der Waals surface area contributed by atoms with Gasteiger partial charge in [0.15, 0.2) is 11.6 Å². The third-order valence-electron chi connectivity index (χ3n) is 5.53. The average molecular weight is 400 g/mol. The Morgan fingerprint density at radius 3 is 2.72 bits per heavy atom. The fourth-order valence-electron chi connectivity index (χ4n) is 3.74. The van der Waals surface area contributed by atoms with Gasteiger partial charge in [0.05, 0.1) is 12.2 Å². The van der Waals surface area contributed by atoms with Crippen LogP contribution < -0.4 is 14.5 Å². The molecule has 156 valence electrons. The molecule has 29 heavy (non-hydrogen) atoms. The van der Waals surface area contributed by atoms with Gasteiger partial charge >= 0.3 is 0 Å². The lowest BCUT2D eigenvalue weighted by atomic mass is 9.96. The highest BCUT2D eigenvalue weighted by molar-refractivity contribution is 5.76. The van der Waals surface area contributed by atoms with Crippen molar-refractivity contribution in [2.75, 3.05) is 36.5 Å². The predicted molar refractivity (Wildman–Crippen MR) is 115 cm³/mol. The number of aromatic nitrogens is 1. The third-order valence-corrected chi connectivity index (χ3v) is 5.53. The lowest BCUT2D eigenvalue weighted by molar-refractivity contribution is -0.117. The Morgan fingerprint density at radius 1 is 1.34 bits per heavy atom. The monoisotopic (exact) mass is 399 g/mol. The second kappa shape index (κ2) is 9.25. The van der Waals surface area contributed by atoms with E-state index in [0.717, 1.165) is 24.3 Å². The minimum absolute atomic E-state index is 0.00995. The summed E-state index contributed by atoms with van der Waals surface area (Å²) in [5, 5.41) is 0. The maximum atomic E-state index is 14.9. The van der Waals surface area contributed by atoms with Gasteiger partial charge in [-0.2, -0.15) is 0 Å². The predicted octanol–water partition coefficient (Wildman–Crippen LogP) is 4.42. The van der Waals surface area contributed by atoms with E-state index in [-0.39, 0.29) is 23.6 Å². The van der Waals surface area contributed by atoms with Gasteiger partial charge in [0.1, 0.15) is 17.6 Å². The van der Waals surface area contributed by atoms with Gasteiger partial charge in [-0.25, -0.2) is 9.37 Å². The Balaban J connectivity index is 1.63. The summed E-state index contributed by atoms with van der Waals surface area (Å²) in [6, 6.07) is 9.64. The molecule has 0 aliphatic carbocycles. The van der Waals surface area contributed by atoms with E-state index >= 15 is 0 Å². The summed E-state index contributed by atoms with van der Waals surface area (Å²) in [5.74, 6) is 1.30. The highest BCUT2D eigenvalue weighted by atomic mass is 19.1. The van der Waals surface area contributed by atoms with Crippen molar-refractivity contribution in [3.8, 4) is 5.75 Å². The van der Waals surface area contributed by atoms with Crippen molar-refractivity contribution < 1.29 is 13.9 Å². The van der Waals surface area contributed by atoms with Crippen LogP contribution in [0.4, 0.5) is 15.9 Å². The van der Waals surface area contributed by atoms with E-state index in [1.54, 1.807) is 19.2 Å². The normalized spacial score (nSPS) is 17.3. The summed E-state index contributed by atoms with van der Waals surface area (Å²) in [6.07, 6.45) is 3.01. The van der Waals surface area contributed by atoms with Crippen LogP contribution in [0.2, 0.25) is 0 Å². The second-order valence-corrected chi connectivity index (χ2v) is 7.83. The first-order valence-corrected chi connectivity index (χ1v) is 10.3. The lowest BCUT2D eigenvalue weighted by Gasteiger charge is -2.23. The van der Waals surface area contributed by atoms with Gasteiger partial charge in [0.2, 0.25) is 0 Å². The summed E-state index contributed by atoms with van der Waals surface area (Å²) < 4.78 is 21.0. The van der Waals surface area contributed by atoms with Crippen LogP contribution in [-0.2, 0) is 4.79 Å². The third kappa shape index (κ3) is 5.05. The van der Waals surface area contributed by atoms with Crippen LogP contribution in [-0.4, -0.2) is 43.6 Å². The molecule has 0 saturated carbocycles. The summed E-state index contributed by atoms with van der Waals surface area (Å²) in [5.41, 5.74) is 1.70.